The average molecular weight is 306 g/mol. The molecule has 118 valence electrons. The van der Waals surface area contributed by atoms with Crippen molar-refractivity contribution < 1.29 is 29.2 Å². The molecule has 0 saturated carbocycles. The van der Waals surface area contributed by atoms with Gasteiger partial charge >= 0.3 is 0 Å². The van der Waals surface area contributed by atoms with Gasteiger partial charge < -0.3 is 29.2 Å². The van der Waals surface area contributed by atoms with E-state index in [1.165, 1.54) is 52.7 Å². The van der Waals surface area contributed by atoms with Crippen LogP contribution in [-0.4, -0.2) is 38.7 Å². The molecule has 0 fully saturated rings. The summed E-state index contributed by atoms with van der Waals surface area (Å²) in [6.07, 6.45) is 0. The van der Waals surface area contributed by atoms with Gasteiger partial charge in [0.15, 0.2) is 23.0 Å². The number of aromatic hydroxyl groups is 2. The highest BCUT2D eigenvalue weighted by Gasteiger charge is 2.20. The lowest BCUT2D eigenvalue weighted by Gasteiger charge is -2.17. The zero-order valence-corrected chi connectivity index (χ0v) is 12.8. The molecule has 0 amide bonds. The van der Waals surface area contributed by atoms with Crippen LogP contribution < -0.4 is 18.9 Å². The highest BCUT2D eigenvalue weighted by atomic mass is 16.5. The first-order valence-corrected chi connectivity index (χ1v) is 6.46. The third kappa shape index (κ3) is 2.67. The summed E-state index contributed by atoms with van der Waals surface area (Å²) in [5, 5.41) is 19.8. The van der Waals surface area contributed by atoms with E-state index in [0.29, 0.717) is 34.1 Å². The van der Waals surface area contributed by atoms with E-state index in [0.717, 1.165) is 0 Å². The van der Waals surface area contributed by atoms with Crippen molar-refractivity contribution in [3.8, 4) is 45.6 Å². The molecule has 0 aliphatic heterocycles. The molecule has 6 nitrogen and oxygen atoms in total. The fourth-order valence-electron chi connectivity index (χ4n) is 2.30. The maximum Gasteiger partial charge on any atom is 0.168 e. The van der Waals surface area contributed by atoms with Crippen LogP contribution in [-0.2, 0) is 0 Å². The second kappa shape index (κ2) is 6.34. The van der Waals surface area contributed by atoms with E-state index in [1.807, 2.05) is 0 Å². The van der Waals surface area contributed by atoms with Crippen molar-refractivity contribution in [1.29, 1.82) is 0 Å². The molecule has 2 rings (SSSR count). The van der Waals surface area contributed by atoms with Crippen LogP contribution in [0, 0.1) is 0 Å². The van der Waals surface area contributed by atoms with Gasteiger partial charge in [-0.3, -0.25) is 0 Å². The Morgan fingerprint density at radius 1 is 0.591 bits per heavy atom. The molecule has 0 aromatic heterocycles. The van der Waals surface area contributed by atoms with Crippen LogP contribution in [0.2, 0.25) is 0 Å². The van der Waals surface area contributed by atoms with E-state index in [-0.39, 0.29) is 11.5 Å². The highest BCUT2D eigenvalue weighted by molar-refractivity contribution is 5.82. The highest BCUT2D eigenvalue weighted by Crippen LogP contribution is 2.48. The van der Waals surface area contributed by atoms with Crippen LogP contribution in [0.15, 0.2) is 24.3 Å². The maximum absolute atomic E-state index is 9.90. The standard InChI is InChI=1S/C16H18O6/c1-19-13-7-9(17)5-11(15(13)21-3)12-6-10(18)8-14(20-2)16(12)22-4/h5-8,17-18H,1-4H3. The lowest BCUT2D eigenvalue weighted by molar-refractivity contribution is 0.348. The number of phenolic OH excluding ortho intramolecular Hbond substituents is 2. The van der Waals surface area contributed by atoms with Crippen LogP contribution in [0.25, 0.3) is 11.1 Å². The normalized spacial score (nSPS) is 10.2. The van der Waals surface area contributed by atoms with Gasteiger partial charge in [0, 0.05) is 23.3 Å². The van der Waals surface area contributed by atoms with E-state index >= 15 is 0 Å². The van der Waals surface area contributed by atoms with Crippen molar-refractivity contribution >= 4 is 0 Å². The monoisotopic (exact) mass is 306 g/mol. The fraction of sp³-hybridized carbons (Fsp3) is 0.250. The Labute approximate surface area is 128 Å². The van der Waals surface area contributed by atoms with Crippen molar-refractivity contribution in [1.82, 2.24) is 0 Å². The average Bonchev–Trinajstić information content (AvgIpc) is 2.52. The molecule has 0 aliphatic rings. The number of methoxy groups -OCH3 is 4. The number of hydrogen-bond acceptors (Lipinski definition) is 6. The van der Waals surface area contributed by atoms with Crippen LogP contribution in [0.3, 0.4) is 0 Å². The van der Waals surface area contributed by atoms with E-state index in [1.54, 1.807) is 0 Å². The Morgan fingerprint density at radius 2 is 0.955 bits per heavy atom. The predicted octanol–water partition coefficient (Wildman–Crippen LogP) is 2.80. The third-order valence-corrected chi connectivity index (χ3v) is 3.22. The molecular formula is C16H18O6. The van der Waals surface area contributed by atoms with Crippen molar-refractivity contribution in [3.63, 3.8) is 0 Å². The SMILES string of the molecule is COc1cc(O)cc(-c2cc(O)cc(OC)c2OC)c1OC. The summed E-state index contributed by atoms with van der Waals surface area (Å²) in [5.41, 5.74) is 1.01. The van der Waals surface area contributed by atoms with E-state index in [4.69, 9.17) is 18.9 Å². The van der Waals surface area contributed by atoms with Gasteiger partial charge in [0.05, 0.1) is 28.4 Å². The van der Waals surface area contributed by atoms with Crippen LogP contribution >= 0.6 is 0 Å². The number of benzene rings is 2. The van der Waals surface area contributed by atoms with Crippen molar-refractivity contribution in [3.05, 3.63) is 24.3 Å². The molecule has 0 unspecified atom stereocenters. The van der Waals surface area contributed by atoms with Gasteiger partial charge in [-0.15, -0.1) is 0 Å². The van der Waals surface area contributed by atoms with Gasteiger partial charge in [-0.1, -0.05) is 0 Å². The number of rotatable bonds is 5. The second-order valence-electron chi connectivity index (χ2n) is 4.46. The summed E-state index contributed by atoms with van der Waals surface area (Å²) in [6, 6.07) is 5.87. The van der Waals surface area contributed by atoms with Crippen molar-refractivity contribution in [2.45, 2.75) is 0 Å². The molecule has 0 bridgehead atoms. The topological polar surface area (TPSA) is 77.4 Å². The molecule has 0 atom stereocenters. The van der Waals surface area contributed by atoms with Gasteiger partial charge in [-0.2, -0.15) is 0 Å². The first-order valence-electron chi connectivity index (χ1n) is 6.46. The Morgan fingerprint density at radius 3 is 1.23 bits per heavy atom. The molecule has 6 heteroatoms. The smallest absolute Gasteiger partial charge is 0.168 e. The summed E-state index contributed by atoms with van der Waals surface area (Å²) in [7, 11) is 5.93. The molecule has 0 spiro atoms. The van der Waals surface area contributed by atoms with Gasteiger partial charge in [-0.05, 0) is 12.1 Å². The molecule has 2 aromatic rings. The van der Waals surface area contributed by atoms with Gasteiger partial charge in [0.2, 0.25) is 0 Å². The molecule has 2 N–H and O–H groups in total. The van der Waals surface area contributed by atoms with Crippen molar-refractivity contribution in [2.24, 2.45) is 0 Å². The first kappa shape index (κ1) is 15.6. The molecule has 0 saturated heterocycles. The Hall–Kier alpha value is -2.76. The molecule has 0 radical (unpaired) electrons. The quantitative estimate of drug-likeness (QED) is 0.884. The molecule has 0 heterocycles. The molecule has 22 heavy (non-hydrogen) atoms. The second-order valence-corrected chi connectivity index (χ2v) is 4.46. The Kier molecular flexibility index (Phi) is 4.50. The van der Waals surface area contributed by atoms with E-state index in [9.17, 15) is 10.2 Å². The number of phenols is 2. The predicted molar refractivity (Wildman–Crippen MR) is 81.4 cm³/mol. The van der Waals surface area contributed by atoms with Crippen LogP contribution in [0.1, 0.15) is 0 Å². The Balaban J connectivity index is 2.81. The van der Waals surface area contributed by atoms with E-state index < -0.39 is 0 Å². The summed E-state index contributed by atoms with van der Waals surface area (Å²) in [6.45, 7) is 0. The van der Waals surface area contributed by atoms with Gasteiger partial charge in [0.25, 0.3) is 0 Å². The Bertz CT molecular complexity index is 621. The summed E-state index contributed by atoms with van der Waals surface area (Å²) in [5.74, 6) is 1.54. The minimum absolute atomic E-state index is 0.00277. The van der Waals surface area contributed by atoms with Gasteiger partial charge in [0.1, 0.15) is 11.5 Å². The minimum Gasteiger partial charge on any atom is -0.508 e. The zero-order valence-electron chi connectivity index (χ0n) is 12.8. The molecular weight excluding hydrogens is 288 g/mol. The summed E-state index contributed by atoms with van der Waals surface area (Å²) >= 11 is 0. The maximum atomic E-state index is 9.90. The summed E-state index contributed by atoms with van der Waals surface area (Å²) in [4.78, 5) is 0. The molecule has 0 aliphatic carbocycles. The third-order valence-electron chi connectivity index (χ3n) is 3.22. The number of ether oxygens (including phenoxy) is 4. The lowest BCUT2D eigenvalue weighted by atomic mass is 10.0. The van der Waals surface area contributed by atoms with Crippen LogP contribution in [0.4, 0.5) is 0 Å². The van der Waals surface area contributed by atoms with Gasteiger partial charge in [-0.25, -0.2) is 0 Å². The summed E-state index contributed by atoms with van der Waals surface area (Å²) < 4.78 is 21.2. The lowest BCUT2D eigenvalue weighted by Crippen LogP contribution is -1.97. The molecule has 2 aromatic carbocycles. The largest absolute Gasteiger partial charge is 0.508 e. The van der Waals surface area contributed by atoms with Crippen LogP contribution in [0.5, 0.6) is 34.5 Å². The zero-order chi connectivity index (χ0) is 16.3. The van der Waals surface area contributed by atoms with Crippen molar-refractivity contribution in [2.75, 3.05) is 28.4 Å². The minimum atomic E-state index is -0.00277. The van der Waals surface area contributed by atoms with E-state index in [2.05, 4.69) is 0 Å². The number of hydrogen-bond donors (Lipinski definition) is 2. The first-order chi connectivity index (χ1) is 10.5. The fourth-order valence-corrected chi connectivity index (χ4v) is 2.30.